The number of benzene rings is 2. The zero-order valence-electron chi connectivity index (χ0n) is 16.9. The molecule has 4 rings (SSSR count). The molecule has 2 heterocycles. The largest absolute Gasteiger partial charge is 0.445 e. The molecule has 0 aliphatic carbocycles. The summed E-state index contributed by atoms with van der Waals surface area (Å²) in [6, 6.07) is 14.7. The summed E-state index contributed by atoms with van der Waals surface area (Å²) in [5.41, 5.74) is 1.87. The fraction of sp³-hybridized carbons (Fsp3) is 0.348. The fourth-order valence-electron chi connectivity index (χ4n) is 3.79. The molecule has 3 aromatic rings. The van der Waals surface area contributed by atoms with E-state index in [0.717, 1.165) is 23.0 Å². The molecule has 1 amide bonds. The summed E-state index contributed by atoms with van der Waals surface area (Å²) in [5.74, 6) is 0.0779. The number of rotatable bonds is 5. The molecule has 0 radical (unpaired) electrons. The van der Waals surface area contributed by atoms with E-state index < -0.39 is 11.6 Å². The Morgan fingerprint density at radius 1 is 1.24 bits per heavy atom. The highest BCUT2D eigenvalue weighted by Crippen LogP contribution is 2.31. The van der Waals surface area contributed by atoms with Crippen LogP contribution < -0.4 is 5.32 Å². The molecule has 0 spiro atoms. The second-order valence-corrected chi connectivity index (χ2v) is 7.93. The molecular weight excluding hydrogens is 366 g/mol. The van der Waals surface area contributed by atoms with Crippen LogP contribution in [-0.2, 0) is 16.0 Å². The van der Waals surface area contributed by atoms with Crippen molar-refractivity contribution in [2.24, 2.45) is 5.92 Å². The van der Waals surface area contributed by atoms with Crippen LogP contribution in [0.15, 0.2) is 48.5 Å². The highest BCUT2D eigenvalue weighted by molar-refractivity contribution is 5.97. The van der Waals surface area contributed by atoms with E-state index >= 15 is 0 Å². The molecule has 3 unspecified atom stereocenters. The number of fused-ring (bicyclic) bond motifs is 2. The van der Waals surface area contributed by atoms with Gasteiger partial charge in [-0.1, -0.05) is 50.6 Å². The molecule has 6 nitrogen and oxygen atoms in total. The minimum Gasteiger partial charge on any atom is -0.445 e. The highest BCUT2D eigenvalue weighted by Gasteiger charge is 2.43. The number of imidazole rings is 1. The number of esters is 1. The van der Waals surface area contributed by atoms with E-state index in [0.29, 0.717) is 17.8 Å². The molecule has 0 fully saturated rings. The number of hydrogen-bond donors (Lipinski definition) is 2. The van der Waals surface area contributed by atoms with E-state index in [-0.39, 0.29) is 17.9 Å². The van der Waals surface area contributed by atoms with Crippen LogP contribution in [0.2, 0.25) is 0 Å². The Morgan fingerprint density at radius 2 is 1.97 bits per heavy atom. The number of ether oxygens (including phenoxy) is 1. The van der Waals surface area contributed by atoms with Crippen LogP contribution in [-0.4, -0.2) is 27.4 Å². The zero-order valence-corrected chi connectivity index (χ0v) is 16.9. The summed E-state index contributed by atoms with van der Waals surface area (Å²) in [7, 11) is 0. The summed E-state index contributed by atoms with van der Waals surface area (Å²) >= 11 is 0. The molecule has 2 aromatic carbocycles. The summed E-state index contributed by atoms with van der Waals surface area (Å²) in [6.07, 6.45) is 1.20. The van der Waals surface area contributed by atoms with Gasteiger partial charge in [-0.25, -0.2) is 9.78 Å². The number of carbonyl (C=O) groups is 2. The van der Waals surface area contributed by atoms with Crippen LogP contribution in [0.25, 0.3) is 11.0 Å². The minimum absolute atomic E-state index is 0.148. The SMILES string of the molecule is CCC(C)C(NC(=O)C1(C)Cc2ccccc2C(=O)O1)c1nc2ccccc2[nH]1. The fourth-order valence-corrected chi connectivity index (χ4v) is 3.79. The van der Waals surface area contributed by atoms with Crippen molar-refractivity contribution in [3.05, 3.63) is 65.5 Å². The van der Waals surface area contributed by atoms with Gasteiger partial charge in [0.1, 0.15) is 5.82 Å². The monoisotopic (exact) mass is 391 g/mol. The number of carbonyl (C=O) groups excluding carboxylic acids is 2. The smallest absolute Gasteiger partial charge is 0.339 e. The lowest BCUT2D eigenvalue weighted by atomic mass is 9.88. The predicted molar refractivity (Wildman–Crippen MR) is 110 cm³/mol. The lowest BCUT2D eigenvalue weighted by molar-refractivity contribution is -0.141. The first-order chi connectivity index (χ1) is 13.9. The van der Waals surface area contributed by atoms with Crippen molar-refractivity contribution in [1.29, 1.82) is 0 Å². The number of hydrogen-bond acceptors (Lipinski definition) is 4. The number of para-hydroxylation sites is 2. The van der Waals surface area contributed by atoms with Crippen LogP contribution in [0.3, 0.4) is 0 Å². The topological polar surface area (TPSA) is 84.1 Å². The van der Waals surface area contributed by atoms with Gasteiger partial charge in [-0.05, 0) is 36.6 Å². The Kier molecular flexibility index (Phi) is 4.86. The van der Waals surface area contributed by atoms with Gasteiger partial charge in [-0.2, -0.15) is 0 Å². The van der Waals surface area contributed by atoms with Crippen molar-refractivity contribution in [3.63, 3.8) is 0 Å². The van der Waals surface area contributed by atoms with Gasteiger partial charge in [-0.3, -0.25) is 4.79 Å². The average Bonchev–Trinajstić information content (AvgIpc) is 3.15. The van der Waals surface area contributed by atoms with Crippen molar-refractivity contribution in [2.75, 3.05) is 0 Å². The third-order valence-corrected chi connectivity index (χ3v) is 5.77. The predicted octanol–water partition coefficient (Wildman–Crippen LogP) is 3.94. The van der Waals surface area contributed by atoms with Gasteiger partial charge < -0.3 is 15.0 Å². The zero-order chi connectivity index (χ0) is 20.6. The number of H-pyrrole nitrogens is 1. The molecule has 29 heavy (non-hydrogen) atoms. The Labute approximate surface area is 169 Å². The van der Waals surface area contributed by atoms with E-state index in [1.807, 2.05) is 36.4 Å². The average molecular weight is 391 g/mol. The molecule has 1 aromatic heterocycles. The summed E-state index contributed by atoms with van der Waals surface area (Å²) in [5, 5.41) is 3.10. The minimum atomic E-state index is -1.26. The first kappa shape index (κ1) is 19.2. The molecule has 1 aliphatic rings. The van der Waals surface area contributed by atoms with Gasteiger partial charge in [0.05, 0.1) is 22.6 Å². The van der Waals surface area contributed by atoms with Crippen LogP contribution in [0.1, 0.15) is 55.0 Å². The van der Waals surface area contributed by atoms with Gasteiger partial charge in [0.2, 0.25) is 0 Å². The van der Waals surface area contributed by atoms with Crippen molar-refractivity contribution in [1.82, 2.24) is 15.3 Å². The van der Waals surface area contributed by atoms with E-state index in [1.54, 1.807) is 19.1 Å². The van der Waals surface area contributed by atoms with Gasteiger partial charge >= 0.3 is 5.97 Å². The summed E-state index contributed by atoms with van der Waals surface area (Å²) < 4.78 is 5.59. The summed E-state index contributed by atoms with van der Waals surface area (Å²) in [4.78, 5) is 33.7. The van der Waals surface area contributed by atoms with E-state index in [2.05, 4.69) is 29.1 Å². The number of nitrogens with zero attached hydrogens (tertiary/aromatic N) is 1. The first-order valence-electron chi connectivity index (χ1n) is 9.98. The number of aromatic amines is 1. The quantitative estimate of drug-likeness (QED) is 0.645. The number of amides is 1. The van der Waals surface area contributed by atoms with Gasteiger partial charge in [0.25, 0.3) is 5.91 Å². The Balaban J connectivity index is 1.62. The lowest BCUT2D eigenvalue weighted by Crippen LogP contribution is -2.53. The molecule has 2 N–H and O–H groups in total. The normalized spacial score (nSPS) is 20.6. The van der Waals surface area contributed by atoms with Crippen molar-refractivity contribution in [2.45, 2.75) is 45.3 Å². The molecule has 0 saturated carbocycles. The van der Waals surface area contributed by atoms with E-state index in [1.165, 1.54) is 0 Å². The van der Waals surface area contributed by atoms with Crippen LogP contribution >= 0.6 is 0 Å². The molecule has 6 heteroatoms. The van der Waals surface area contributed by atoms with Crippen molar-refractivity contribution < 1.29 is 14.3 Å². The van der Waals surface area contributed by atoms with E-state index in [9.17, 15) is 9.59 Å². The summed E-state index contributed by atoms with van der Waals surface area (Å²) in [6.45, 7) is 5.82. The Hall–Kier alpha value is -3.15. The molecule has 0 bridgehead atoms. The maximum absolute atomic E-state index is 13.3. The van der Waals surface area contributed by atoms with E-state index in [4.69, 9.17) is 4.74 Å². The van der Waals surface area contributed by atoms with Crippen molar-refractivity contribution >= 4 is 22.9 Å². The third kappa shape index (κ3) is 3.50. The van der Waals surface area contributed by atoms with Gasteiger partial charge in [-0.15, -0.1) is 0 Å². The molecular formula is C23H25N3O3. The van der Waals surface area contributed by atoms with Gasteiger partial charge in [0.15, 0.2) is 5.60 Å². The molecule has 1 aliphatic heterocycles. The Morgan fingerprint density at radius 3 is 2.72 bits per heavy atom. The van der Waals surface area contributed by atoms with Crippen molar-refractivity contribution in [3.8, 4) is 0 Å². The number of nitrogens with one attached hydrogen (secondary N) is 2. The maximum Gasteiger partial charge on any atom is 0.339 e. The molecule has 3 atom stereocenters. The second kappa shape index (κ2) is 7.35. The number of cyclic esters (lactones) is 1. The maximum atomic E-state index is 13.3. The lowest BCUT2D eigenvalue weighted by Gasteiger charge is -2.35. The molecule has 150 valence electrons. The number of aromatic nitrogens is 2. The van der Waals surface area contributed by atoms with Crippen LogP contribution in [0, 0.1) is 5.92 Å². The second-order valence-electron chi connectivity index (χ2n) is 7.93. The highest BCUT2D eigenvalue weighted by atomic mass is 16.6. The van der Waals surface area contributed by atoms with Crippen LogP contribution in [0.5, 0.6) is 0 Å². The molecule has 0 saturated heterocycles. The van der Waals surface area contributed by atoms with Crippen LogP contribution in [0.4, 0.5) is 0 Å². The third-order valence-electron chi connectivity index (χ3n) is 5.77. The standard InChI is InChI=1S/C23H25N3O3/c1-4-14(2)19(20-24-17-11-7-8-12-18(17)25-20)26-22(28)23(3)13-15-9-5-6-10-16(15)21(27)29-23/h5-12,14,19H,4,13H2,1-3H3,(H,24,25)(H,26,28). The van der Waals surface area contributed by atoms with Gasteiger partial charge in [0, 0.05) is 6.42 Å². The first-order valence-corrected chi connectivity index (χ1v) is 9.98. The Bertz CT molecular complexity index is 1040.